The molecule has 1 N–H and O–H groups in total. The maximum Gasteiger partial charge on any atom is 0.339 e. The summed E-state index contributed by atoms with van der Waals surface area (Å²) < 4.78 is 5.51. The van der Waals surface area contributed by atoms with Crippen LogP contribution in [0.25, 0.3) is 0 Å². The first-order chi connectivity index (χ1) is 11.9. The number of nitrogens with zero attached hydrogens (tertiary/aromatic N) is 1. The molecule has 0 atom stereocenters. The Labute approximate surface area is 155 Å². The summed E-state index contributed by atoms with van der Waals surface area (Å²) >= 11 is 12.0. The van der Waals surface area contributed by atoms with Gasteiger partial charge in [0.1, 0.15) is 11.3 Å². The van der Waals surface area contributed by atoms with E-state index in [1.54, 1.807) is 24.0 Å². The van der Waals surface area contributed by atoms with Gasteiger partial charge in [-0.1, -0.05) is 36.2 Å². The monoisotopic (exact) mass is 381 g/mol. The Morgan fingerprint density at radius 2 is 1.96 bits per heavy atom. The predicted octanol–water partition coefficient (Wildman–Crippen LogP) is 4.65. The maximum atomic E-state index is 12.9. The number of hydrogen-bond donors (Lipinski definition) is 1. The van der Waals surface area contributed by atoms with Gasteiger partial charge in [-0.25, -0.2) is 4.79 Å². The lowest BCUT2D eigenvalue weighted by molar-refractivity contribution is 0.0684. The van der Waals surface area contributed by atoms with Crippen LogP contribution in [-0.2, 0) is 13.0 Å². The van der Waals surface area contributed by atoms with Gasteiger partial charge in [0, 0.05) is 25.1 Å². The Morgan fingerprint density at radius 3 is 2.48 bits per heavy atom. The molecule has 0 bridgehead atoms. The predicted molar refractivity (Wildman–Crippen MR) is 94.4 cm³/mol. The van der Waals surface area contributed by atoms with Crippen LogP contribution in [0.4, 0.5) is 0 Å². The Kier molecular flexibility index (Phi) is 5.06. The van der Waals surface area contributed by atoms with E-state index < -0.39 is 5.97 Å². The van der Waals surface area contributed by atoms with Gasteiger partial charge in [0.2, 0.25) is 0 Å². The highest BCUT2D eigenvalue weighted by Gasteiger charge is 2.35. The van der Waals surface area contributed by atoms with E-state index in [0.29, 0.717) is 28.8 Å². The van der Waals surface area contributed by atoms with E-state index in [4.69, 9.17) is 27.6 Å². The number of furan rings is 1. The van der Waals surface area contributed by atoms with Crippen LogP contribution in [0.3, 0.4) is 0 Å². The third-order valence-electron chi connectivity index (χ3n) is 4.16. The molecule has 1 aromatic heterocycles. The van der Waals surface area contributed by atoms with Crippen molar-refractivity contribution in [2.45, 2.75) is 38.8 Å². The zero-order chi connectivity index (χ0) is 18.1. The summed E-state index contributed by atoms with van der Waals surface area (Å²) in [6.07, 6.45) is 2.24. The van der Waals surface area contributed by atoms with Gasteiger partial charge in [-0.05, 0) is 30.5 Å². The van der Waals surface area contributed by atoms with E-state index in [1.807, 2.05) is 6.07 Å². The van der Waals surface area contributed by atoms with Gasteiger partial charge < -0.3 is 14.4 Å². The molecule has 1 heterocycles. The number of aromatic carboxylic acids is 1. The van der Waals surface area contributed by atoms with E-state index in [9.17, 15) is 14.7 Å². The molecule has 1 amide bonds. The van der Waals surface area contributed by atoms with Crippen molar-refractivity contribution in [3.8, 4) is 0 Å². The van der Waals surface area contributed by atoms with Gasteiger partial charge in [-0.3, -0.25) is 4.79 Å². The van der Waals surface area contributed by atoms with Crippen molar-refractivity contribution in [2.75, 3.05) is 0 Å². The van der Waals surface area contributed by atoms with Crippen LogP contribution in [0, 0.1) is 0 Å². The highest BCUT2D eigenvalue weighted by atomic mass is 35.5. The van der Waals surface area contributed by atoms with Gasteiger partial charge >= 0.3 is 5.97 Å². The number of carbonyl (C=O) groups is 2. The van der Waals surface area contributed by atoms with Crippen LogP contribution in [0.1, 0.15) is 52.0 Å². The number of halogens is 2. The van der Waals surface area contributed by atoms with Gasteiger partial charge in [0.15, 0.2) is 5.76 Å². The Bertz CT molecular complexity index is 826. The zero-order valence-electron chi connectivity index (χ0n) is 13.6. The molecule has 25 heavy (non-hydrogen) atoms. The number of carbonyl (C=O) groups excluding carboxylic acids is 1. The molecule has 0 radical (unpaired) electrons. The molecule has 1 fully saturated rings. The lowest BCUT2D eigenvalue weighted by atomic mass is 10.2. The summed E-state index contributed by atoms with van der Waals surface area (Å²) in [5, 5.41) is 10.1. The molecular formula is C18H17Cl2NO4. The fraction of sp³-hybridized carbons (Fsp3) is 0.333. The number of hydrogen-bond acceptors (Lipinski definition) is 3. The van der Waals surface area contributed by atoms with Crippen molar-refractivity contribution in [1.82, 2.24) is 4.90 Å². The Balaban J connectivity index is 1.86. The molecule has 0 unspecified atom stereocenters. The van der Waals surface area contributed by atoms with Crippen LogP contribution in [0.15, 0.2) is 28.7 Å². The molecule has 1 aliphatic carbocycles. The fourth-order valence-electron chi connectivity index (χ4n) is 2.71. The standard InChI is InChI=1S/C18H17Cl2NO4/c1-2-15-12(18(23)24)8-16(25-15)17(22)21(11-4-5-11)9-10-3-6-13(19)14(20)7-10/h3,6-8,11H,2,4-5,9H2,1H3,(H,23,24). The summed E-state index contributed by atoms with van der Waals surface area (Å²) in [7, 11) is 0. The first kappa shape index (κ1) is 17.8. The van der Waals surface area contributed by atoms with E-state index in [2.05, 4.69) is 0 Å². The minimum absolute atomic E-state index is 0.0381. The average molecular weight is 382 g/mol. The van der Waals surface area contributed by atoms with E-state index in [-0.39, 0.29) is 23.3 Å². The summed E-state index contributed by atoms with van der Waals surface area (Å²) in [6.45, 7) is 2.15. The molecule has 5 nitrogen and oxygen atoms in total. The highest BCUT2D eigenvalue weighted by molar-refractivity contribution is 6.42. The number of aryl methyl sites for hydroxylation is 1. The van der Waals surface area contributed by atoms with Crippen LogP contribution in [-0.4, -0.2) is 27.9 Å². The minimum atomic E-state index is -1.10. The van der Waals surface area contributed by atoms with Crippen LogP contribution < -0.4 is 0 Å². The average Bonchev–Trinajstić information content (AvgIpc) is 3.32. The summed E-state index contributed by atoms with van der Waals surface area (Å²) in [5.74, 6) is -1.04. The lowest BCUT2D eigenvalue weighted by Crippen LogP contribution is -2.32. The van der Waals surface area contributed by atoms with Crippen molar-refractivity contribution < 1.29 is 19.1 Å². The SMILES string of the molecule is CCc1oc(C(=O)N(Cc2ccc(Cl)c(Cl)c2)C2CC2)cc1C(=O)O. The zero-order valence-corrected chi connectivity index (χ0v) is 15.1. The highest BCUT2D eigenvalue weighted by Crippen LogP contribution is 2.32. The molecule has 1 saturated carbocycles. The van der Waals surface area contributed by atoms with Crippen molar-refractivity contribution in [2.24, 2.45) is 0 Å². The van der Waals surface area contributed by atoms with Gasteiger partial charge in [0.05, 0.1) is 10.0 Å². The summed E-state index contributed by atoms with van der Waals surface area (Å²) in [6, 6.07) is 6.69. The van der Waals surface area contributed by atoms with E-state index in [1.165, 1.54) is 6.07 Å². The quantitative estimate of drug-likeness (QED) is 0.790. The molecule has 7 heteroatoms. The molecule has 1 aromatic carbocycles. The van der Waals surface area contributed by atoms with Crippen molar-refractivity contribution in [3.63, 3.8) is 0 Å². The topological polar surface area (TPSA) is 70.8 Å². The summed E-state index contributed by atoms with van der Waals surface area (Å²) in [5.41, 5.74) is 0.895. The molecular weight excluding hydrogens is 365 g/mol. The lowest BCUT2D eigenvalue weighted by Gasteiger charge is -2.21. The second kappa shape index (κ2) is 7.10. The van der Waals surface area contributed by atoms with Crippen molar-refractivity contribution >= 4 is 35.1 Å². The second-order valence-electron chi connectivity index (χ2n) is 6.02. The Hall–Kier alpha value is -1.98. The van der Waals surface area contributed by atoms with Crippen LogP contribution in [0.5, 0.6) is 0 Å². The van der Waals surface area contributed by atoms with Gasteiger partial charge in [-0.15, -0.1) is 0 Å². The van der Waals surface area contributed by atoms with Crippen LogP contribution >= 0.6 is 23.2 Å². The van der Waals surface area contributed by atoms with Crippen molar-refractivity contribution in [3.05, 3.63) is 57.0 Å². The second-order valence-corrected chi connectivity index (χ2v) is 6.83. The molecule has 0 aliphatic heterocycles. The number of rotatable bonds is 6. The molecule has 1 aliphatic rings. The maximum absolute atomic E-state index is 12.9. The summed E-state index contributed by atoms with van der Waals surface area (Å²) in [4.78, 5) is 25.8. The van der Waals surface area contributed by atoms with E-state index >= 15 is 0 Å². The largest absolute Gasteiger partial charge is 0.478 e. The van der Waals surface area contributed by atoms with Crippen LogP contribution in [0.2, 0.25) is 10.0 Å². The Morgan fingerprint density at radius 1 is 1.24 bits per heavy atom. The third kappa shape index (κ3) is 3.83. The molecule has 0 spiro atoms. The molecule has 0 saturated heterocycles. The third-order valence-corrected chi connectivity index (χ3v) is 4.90. The first-order valence-electron chi connectivity index (χ1n) is 8.01. The number of benzene rings is 1. The fourth-order valence-corrected chi connectivity index (χ4v) is 3.03. The smallest absolute Gasteiger partial charge is 0.339 e. The molecule has 2 aromatic rings. The van der Waals surface area contributed by atoms with Gasteiger partial charge in [-0.2, -0.15) is 0 Å². The number of amides is 1. The number of carboxylic acids is 1. The first-order valence-corrected chi connectivity index (χ1v) is 8.77. The van der Waals surface area contributed by atoms with Crippen molar-refractivity contribution in [1.29, 1.82) is 0 Å². The normalized spacial score (nSPS) is 13.7. The minimum Gasteiger partial charge on any atom is -0.478 e. The molecule has 3 rings (SSSR count). The van der Waals surface area contributed by atoms with E-state index in [0.717, 1.165) is 18.4 Å². The molecule has 132 valence electrons. The van der Waals surface area contributed by atoms with Gasteiger partial charge in [0.25, 0.3) is 5.91 Å². The number of carboxylic acid groups (broad SMARTS) is 1.